The van der Waals surface area contributed by atoms with E-state index in [4.69, 9.17) is 10.00 Å². The number of benzene rings is 2. The largest absolute Gasteiger partial charge is 0.496 e. The number of nitriles is 1. The van der Waals surface area contributed by atoms with Gasteiger partial charge in [0.25, 0.3) is 0 Å². The molecule has 0 bridgehead atoms. The molecule has 0 radical (unpaired) electrons. The Morgan fingerprint density at radius 3 is 2.48 bits per heavy atom. The summed E-state index contributed by atoms with van der Waals surface area (Å²) in [7, 11) is -1.69. The molecule has 0 N–H and O–H groups in total. The lowest BCUT2D eigenvalue weighted by molar-refractivity contribution is 0.411. The second kappa shape index (κ2) is 5.98. The monoisotopic (exact) mass is 301 g/mol. The predicted octanol–water partition coefficient (Wildman–Crippen LogP) is 2.83. The molecule has 0 aromatic heterocycles. The van der Waals surface area contributed by atoms with Gasteiger partial charge in [-0.05, 0) is 29.3 Å². The van der Waals surface area contributed by atoms with Crippen molar-refractivity contribution in [3.05, 3.63) is 48.0 Å². The molecule has 0 aliphatic heterocycles. The van der Waals surface area contributed by atoms with Gasteiger partial charge in [-0.1, -0.05) is 24.3 Å². The Morgan fingerprint density at radius 1 is 1.14 bits per heavy atom. The van der Waals surface area contributed by atoms with Gasteiger partial charge in [-0.15, -0.1) is 0 Å². The number of ether oxygens (including phenoxy) is 1. The van der Waals surface area contributed by atoms with E-state index < -0.39 is 9.84 Å². The van der Waals surface area contributed by atoms with Crippen molar-refractivity contribution in [3.63, 3.8) is 0 Å². The summed E-state index contributed by atoms with van der Waals surface area (Å²) in [5.74, 6) is 0.624. The number of methoxy groups -OCH3 is 1. The first-order chi connectivity index (χ1) is 9.95. The lowest BCUT2D eigenvalue weighted by Gasteiger charge is -2.09. The summed E-state index contributed by atoms with van der Waals surface area (Å²) in [5, 5.41) is 8.78. The predicted molar refractivity (Wildman–Crippen MR) is 80.9 cm³/mol. The van der Waals surface area contributed by atoms with Crippen LogP contribution in [0.3, 0.4) is 0 Å². The van der Waals surface area contributed by atoms with Gasteiger partial charge in [-0.25, -0.2) is 8.42 Å². The van der Waals surface area contributed by atoms with E-state index in [-0.39, 0.29) is 11.3 Å². The molecule has 2 aromatic carbocycles. The second-order valence-corrected chi connectivity index (χ2v) is 6.68. The van der Waals surface area contributed by atoms with Crippen molar-refractivity contribution >= 4 is 9.84 Å². The highest BCUT2D eigenvalue weighted by molar-refractivity contribution is 7.90. The number of nitrogens with zero attached hydrogens (tertiary/aromatic N) is 1. The SMILES string of the molecule is COc1cc(-c2cccc(S(C)(=O)=O)c2)ccc1CC#N. The van der Waals surface area contributed by atoms with E-state index >= 15 is 0 Å². The molecular formula is C16H15NO3S. The highest BCUT2D eigenvalue weighted by Crippen LogP contribution is 2.28. The number of sulfone groups is 1. The third-order valence-corrected chi connectivity index (χ3v) is 4.26. The Labute approximate surface area is 124 Å². The first kappa shape index (κ1) is 15.1. The summed E-state index contributed by atoms with van der Waals surface area (Å²) in [6.45, 7) is 0. The Kier molecular flexibility index (Phi) is 4.29. The van der Waals surface area contributed by atoms with Crippen molar-refractivity contribution < 1.29 is 13.2 Å². The van der Waals surface area contributed by atoms with Crippen LogP contribution in [0.1, 0.15) is 5.56 Å². The number of hydrogen-bond acceptors (Lipinski definition) is 4. The first-order valence-corrected chi connectivity index (χ1v) is 8.19. The van der Waals surface area contributed by atoms with Crippen LogP contribution in [0.4, 0.5) is 0 Å². The zero-order valence-electron chi connectivity index (χ0n) is 11.8. The number of hydrogen-bond donors (Lipinski definition) is 0. The third kappa shape index (κ3) is 3.41. The minimum atomic E-state index is -3.24. The highest BCUT2D eigenvalue weighted by atomic mass is 32.2. The average molecular weight is 301 g/mol. The molecule has 0 fully saturated rings. The molecule has 5 heteroatoms. The zero-order chi connectivity index (χ0) is 15.5. The van der Waals surface area contributed by atoms with Crippen LogP contribution >= 0.6 is 0 Å². The fourth-order valence-electron chi connectivity index (χ4n) is 2.06. The molecular weight excluding hydrogens is 286 g/mol. The van der Waals surface area contributed by atoms with Crippen LogP contribution in [-0.4, -0.2) is 21.8 Å². The molecule has 0 spiro atoms. The minimum Gasteiger partial charge on any atom is -0.496 e. The summed E-state index contributed by atoms with van der Waals surface area (Å²) in [4.78, 5) is 0.278. The summed E-state index contributed by atoms with van der Waals surface area (Å²) in [5.41, 5.74) is 2.45. The standard InChI is InChI=1S/C16H15NO3S/c1-20-16-11-14(7-6-12(16)8-9-17)13-4-3-5-15(10-13)21(2,18)19/h3-7,10-11H,8H2,1-2H3. The molecule has 2 rings (SSSR count). The fourth-order valence-corrected chi connectivity index (χ4v) is 2.73. The zero-order valence-corrected chi connectivity index (χ0v) is 12.6. The van der Waals surface area contributed by atoms with Gasteiger partial charge in [0, 0.05) is 11.8 Å². The number of rotatable bonds is 4. The minimum absolute atomic E-state index is 0.271. The summed E-state index contributed by atoms with van der Waals surface area (Å²) in [6, 6.07) is 14.3. The lowest BCUT2D eigenvalue weighted by Crippen LogP contribution is -1.97. The van der Waals surface area contributed by atoms with E-state index in [1.54, 1.807) is 25.3 Å². The van der Waals surface area contributed by atoms with Crippen LogP contribution in [0.15, 0.2) is 47.4 Å². The molecule has 0 amide bonds. The summed E-state index contributed by atoms with van der Waals surface area (Å²) >= 11 is 0. The van der Waals surface area contributed by atoms with Gasteiger partial charge in [0.2, 0.25) is 0 Å². The van der Waals surface area contributed by atoms with Crippen molar-refractivity contribution in [1.82, 2.24) is 0 Å². The lowest BCUT2D eigenvalue weighted by atomic mass is 10.0. The Hall–Kier alpha value is -2.32. The quantitative estimate of drug-likeness (QED) is 0.871. The van der Waals surface area contributed by atoms with E-state index in [0.29, 0.717) is 5.75 Å². The van der Waals surface area contributed by atoms with Crippen LogP contribution < -0.4 is 4.74 Å². The Bertz CT molecular complexity index is 805. The van der Waals surface area contributed by atoms with Gasteiger partial charge >= 0.3 is 0 Å². The topological polar surface area (TPSA) is 67.2 Å². The Balaban J connectivity index is 2.50. The smallest absolute Gasteiger partial charge is 0.175 e. The molecule has 0 aliphatic carbocycles. The van der Waals surface area contributed by atoms with Crippen LogP contribution in [-0.2, 0) is 16.3 Å². The maximum absolute atomic E-state index is 11.6. The van der Waals surface area contributed by atoms with E-state index in [9.17, 15) is 8.42 Å². The average Bonchev–Trinajstić information content (AvgIpc) is 2.47. The van der Waals surface area contributed by atoms with Crippen molar-refractivity contribution in [2.24, 2.45) is 0 Å². The van der Waals surface area contributed by atoms with E-state index in [0.717, 1.165) is 16.7 Å². The summed E-state index contributed by atoms with van der Waals surface area (Å²) in [6.07, 6.45) is 1.45. The molecule has 108 valence electrons. The molecule has 21 heavy (non-hydrogen) atoms. The van der Waals surface area contributed by atoms with Crippen LogP contribution in [0.25, 0.3) is 11.1 Å². The molecule has 4 nitrogen and oxygen atoms in total. The van der Waals surface area contributed by atoms with Crippen molar-refractivity contribution in [1.29, 1.82) is 5.26 Å². The van der Waals surface area contributed by atoms with Crippen molar-refractivity contribution in [2.75, 3.05) is 13.4 Å². The van der Waals surface area contributed by atoms with Crippen LogP contribution in [0.5, 0.6) is 5.75 Å². The van der Waals surface area contributed by atoms with Gasteiger partial charge in [-0.3, -0.25) is 0 Å². The molecule has 0 unspecified atom stereocenters. The maximum atomic E-state index is 11.6. The molecule has 0 heterocycles. The third-order valence-electron chi connectivity index (χ3n) is 3.15. The van der Waals surface area contributed by atoms with E-state index in [1.807, 2.05) is 24.3 Å². The van der Waals surface area contributed by atoms with Crippen molar-refractivity contribution in [2.45, 2.75) is 11.3 Å². The highest BCUT2D eigenvalue weighted by Gasteiger charge is 2.10. The van der Waals surface area contributed by atoms with Gasteiger partial charge in [0.1, 0.15) is 5.75 Å². The fraction of sp³-hybridized carbons (Fsp3) is 0.188. The van der Waals surface area contributed by atoms with Gasteiger partial charge < -0.3 is 4.74 Å². The van der Waals surface area contributed by atoms with E-state index in [2.05, 4.69) is 6.07 Å². The van der Waals surface area contributed by atoms with Crippen molar-refractivity contribution in [3.8, 4) is 22.9 Å². The normalized spacial score (nSPS) is 10.9. The molecule has 2 aromatic rings. The van der Waals surface area contributed by atoms with Crippen LogP contribution in [0, 0.1) is 11.3 Å². The molecule has 0 saturated heterocycles. The van der Waals surface area contributed by atoms with Gasteiger partial charge in [0.15, 0.2) is 9.84 Å². The second-order valence-electron chi connectivity index (χ2n) is 4.66. The van der Waals surface area contributed by atoms with Gasteiger partial charge in [0.05, 0.1) is 24.5 Å². The molecule has 0 saturated carbocycles. The van der Waals surface area contributed by atoms with Crippen LogP contribution in [0.2, 0.25) is 0 Å². The van der Waals surface area contributed by atoms with Gasteiger partial charge in [-0.2, -0.15) is 5.26 Å². The maximum Gasteiger partial charge on any atom is 0.175 e. The van der Waals surface area contributed by atoms with E-state index in [1.165, 1.54) is 6.26 Å². The molecule has 0 atom stereocenters. The Morgan fingerprint density at radius 2 is 1.86 bits per heavy atom. The molecule has 0 aliphatic rings. The summed E-state index contributed by atoms with van der Waals surface area (Å²) < 4.78 is 28.5. The first-order valence-electron chi connectivity index (χ1n) is 6.30.